The van der Waals surface area contributed by atoms with Gasteiger partial charge in [0.1, 0.15) is 30.8 Å². The fourth-order valence-electron chi connectivity index (χ4n) is 3.90. The number of rotatable bonds is 8. The third-order valence-electron chi connectivity index (χ3n) is 5.65. The summed E-state index contributed by atoms with van der Waals surface area (Å²) in [7, 11) is 1.69. The van der Waals surface area contributed by atoms with Crippen molar-refractivity contribution in [1.29, 1.82) is 0 Å². The van der Waals surface area contributed by atoms with E-state index in [1.807, 2.05) is 12.1 Å². The van der Waals surface area contributed by atoms with E-state index in [4.69, 9.17) is 9.47 Å². The smallest absolute Gasteiger partial charge is 0.137 e. The second kappa shape index (κ2) is 9.99. The SMILES string of the molecule is COc1ccc(N2CC[NH+](C[C@H](O)COc3cc(C)ccc3C(C)C)CC2)cc1. The lowest BCUT2D eigenvalue weighted by Crippen LogP contribution is -3.16. The average molecular weight is 400 g/mol. The molecule has 0 spiro atoms. The predicted molar refractivity (Wildman–Crippen MR) is 118 cm³/mol. The molecule has 5 nitrogen and oxygen atoms in total. The number of piperazine rings is 1. The van der Waals surface area contributed by atoms with Crippen molar-refractivity contribution in [1.82, 2.24) is 0 Å². The lowest BCUT2D eigenvalue weighted by Gasteiger charge is -2.34. The molecule has 1 saturated heterocycles. The molecule has 158 valence electrons. The van der Waals surface area contributed by atoms with Gasteiger partial charge < -0.3 is 24.4 Å². The van der Waals surface area contributed by atoms with Crippen LogP contribution in [0.1, 0.15) is 30.9 Å². The van der Waals surface area contributed by atoms with Crippen molar-refractivity contribution < 1.29 is 19.5 Å². The van der Waals surface area contributed by atoms with Gasteiger partial charge in [0.05, 0.1) is 33.3 Å². The molecule has 1 atom stereocenters. The Bertz CT molecular complexity index is 768. The summed E-state index contributed by atoms with van der Waals surface area (Å²) in [6.07, 6.45) is -0.460. The van der Waals surface area contributed by atoms with Crippen LogP contribution in [-0.4, -0.2) is 57.7 Å². The first-order chi connectivity index (χ1) is 14.0. The van der Waals surface area contributed by atoms with Crippen LogP contribution in [0, 0.1) is 6.92 Å². The van der Waals surface area contributed by atoms with Crippen molar-refractivity contribution in [3.05, 3.63) is 53.6 Å². The van der Waals surface area contributed by atoms with Crippen LogP contribution in [0.2, 0.25) is 0 Å². The number of anilines is 1. The Morgan fingerprint density at radius 1 is 1.07 bits per heavy atom. The van der Waals surface area contributed by atoms with E-state index in [0.717, 1.165) is 44.2 Å². The first-order valence-electron chi connectivity index (χ1n) is 10.6. The van der Waals surface area contributed by atoms with Crippen LogP contribution in [0.4, 0.5) is 5.69 Å². The number of hydrogen-bond acceptors (Lipinski definition) is 4. The van der Waals surface area contributed by atoms with Gasteiger partial charge in [0.15, 0.2) is 0 Å². The molecule has 0 saturated carbocycles. The summed E-state index contributed by atoms with van der Waals surface area (Å²) in [5.74, 6) is 2.19. The standard InChI is InChI=1S/C24H34N2O3/c1-18(2)23-10-5-19(3)15-24(23)29-17-21(27)16-25-11-13-26(14-12-25)20-6-8-22(28-4)9-7-20/h5-10,15,18,21,27H,11-14,16-17H2,1-4H3/p+1/t21-/m0/s1. The first kappa shape index (κ1) is 21.5. The number of methoxy groups -OCH3 is 1. The number of aliphatic hydroxyl groups is 1. The quantitative estimate of drug-likeness (QED) is 0.715. The van der Waals surface area contributed by atoms with Gasteiger partial charge in [0.25, 0.3) is 0 Å². The van der Waals surface area contributed by atoms with E-state index in [1.54, 1.807) is 7.11 Å². The monoisotopic (exact) mass is 399 g/mol. The third kappa shape index (κ3) is 5.87. The Kier molecular flexibility index (Phi) is 7.40. The summed E-state index contributed by atoms with van der Waals surface area (Å²) in [5, 5.41) is 10.5. The molecule has 1 aliphatic rings. The number of benzene rings is 2. The van der Waals surface area contributed by atoms with Gasteiger partial charge in [0, 0.05) is 5.69 Å². The Hall–Kier alpha value is -2.24. The van der Waals surface area contributed by atoms with Crippen LogP contribution in [0.25, 0.3) is 0 Å². The second-order valence-electron chi connectivity index (χ2n) is 8.30. The second-order valence-corrected chi connectivity index (χ2v) is 8.30. The van der Waals surface area contributed by atoms with Crippen molar-refractivity contribution in [2.24, 2.45) is 0 Å². The van der Waals surface area contributed by atoms with Crippen molar-refractivity contribution >= 4 is 5.69 Å². The maximum atomic E-state index is 10.5. The number of aliphatic hydroxyl groups excluding tert-OH is 1. The Balaban J connectivity index is 1.46. The zero-order valence-corrected chi connectivity index (χ0v) is 18.1. The topological polar surface area (TPSA) is 46.4 Å². The van der Waals surface area contributed by atoms with Crippen LogP contribution in [0.3, 0.4) is 0 Å². The summed E-state index contributed by atoms with van der Waals surface area (Å²) in [4.78, 5) is 3.83. The maximum absolute atomic E-state index is 10.5. The highest BCUT2D eigenvalue weighted by atomic mass is 16.5. The van der Waals surface area contributed by atoms with Crippen LogP contribution in [-0.2, 0) is 0 Å². The largest absolute Gasteiger partial charge is 0.497 e. The van der Waals surface area contributed by atoms with Crippen LogP contribution in [0.5, 0.6) is 11.5 Å². The molecule has 0 aliphatic carbocycles. The highest BCUT2D eigenvalue weighted by Crippen LogP contribution is 2.27. The van der Waals surface area contributed by atoms with E-state index in [1.165, 1.54) is 21.7 Å². The number of quaternary nitrogens is 1. The minimum Gasteiger partial charge on any atom is -0.497 e. The number of nitrogens with zero attached hydrogens (tertiary/aromatic N) is 1. The van der Waals surface area contributed by atoms with E-state index in [0.29, 0.717) is 12.5 Å². The van der Waals surface area contributed by atoms with Crippen LogP contribution in [0.15, 0.2) is 42.5 Å². The van der Waals surface area contributed by atoms with E-state index >= 15 is 0 Å². The van der Waals surface area contributed by atoms with Gasteiger partial charge in [-0.05, 0) is 54.3 Å². The summed E-state index contributed by atoms with van der Waals surface area (Å²) >= 11 is 0. The first-order valence-corrected chi connectivity index (χ1v) is 10.6. The number of hydrogen-bond donors (Lipinski definition) is 2. The molecule has 2 aromatic rings. The molecular formula is C24H35N2O3+. The van der Waals surface area contributed by atoms with Gasteiger partial charge in [-0.3, -0.25) is 0 Å². The Morgan fingerprint density at radius 2 is 1.76 bits per heavy atom. The molecular weight excluding hydrogens is 364 g/mol. The average Bonchev–Trinajstić information content (AvgIpc) is 2.73. The van der Waals surface area contributed by atoms with Crippen molar-refractivity contribution in [3.8, 4) is 11.5 Å². The van der Waals surface area contributed by atoms with Gasteiger partial charge in [-0.1, -0.05) is 26.0 Å². The van der Waals surface area contributed by atoms with E-state index in [9.17, 15) is 5.11 Å². The molecule has 0 aromatic heterocycles. The number of nitrogens with one attached hydrogen (secondary N) is 1. The summed E-state index contributed by atoms with van der Waals surface area (Å²) in [6, 6.07) is 14.6. The van der Waals surface area contributed by atoms with E-state index in [2.05, 4.69) is 56.0 Å². The zero-order valence-electron chi connectivity index (χ0n) is 18.1. The highest BCUT2D eigenvalue weighted by molar-refractivity contribution is 5.49. The molecule has 1 heterocycles. The van der Waals surface area contributed by atoms with Crippen LogP contribution < -0.4 is 19.3 Å². The third-order valence-corrected chi connectivity index (χ3v) is 5.65. The highest BCUT2D eigenvalue weighted by Gasteiger charge is 2.23. The fourth-order valence-corrected chi connectivity index (χ4v) is 3.90. The Labute approximate surface area is 174 Å². The molecule has 29 heavy (non-hydrogen) atoms. The van der Waals surface area contributed by atoms with Crippen molar-refractivity contribution in [2.75, 3.05) is 51.3 Å². The molecule has 3 rings (SSSR count). The minimum absolute atomic E-state index is 0.342. The van der Waals surface area contributed by atoms with Gasteiger partial charge in [-0.15, -0.1) is 0 Å². The number of ether oxygens (including phenoxy) is 2. The molecule has 1 aliphatic heterocycles. The lowest BCUT2D eigenvalue weighted by atomic mass is 10.0. The molecule has 2 N–H and O–H groups in total. The van der Waals surface area contributed by atoms with E-state index < -0.39 is 6.10 Å². The summed E-state index contributed by atoms with van der Waals surface area (Å²) in [6.45, 7) is 11.5. The van der Waals surface area contributed by atoms with Crippen molar-refractivity contribution in [3.63, 3.8) is 0 Å². The Morgan fingerprint density at radius 3 is 2.38 bits per heavy atom. The molecule has 5 heteroatoms. The summed E-state index contributed by atoms with van der Waals surface area (Å²) in [5.41, 5.74) is 3.61. The molecule has 0 amide bonds. The molecule has 0 radical (unpaired) electrons. The zero-order chi connectivity index (χ0) is 20.8. The number of aryl methyl sites for hydroxylation is 1. The normalized spacial score (nSPS) is 16.1. The lowest BCUT2D eigenvalue weighted by molar-refractivity contribution is -0.903. The molecule has 0 bridgehead atoms. The van der Waals surface area contributed by atoms with Gasteiger partial charge >= 0.3 is 0 Å². The van der Waals surface area contributed by atoms with E-state index in [-0.39, 0.29) is 0 Å². The molecule has 2 aromatic carbocycles. The summed E-state index contributed by atoms with van der Waals surface area (Å²) < 4.78 is 11.2. The van der Waals surface area contributed by atoms with Crippen molar-refractivity contribution in [2.45, 2.75) is 32.8 Å². The predicted octanol–water partition coefficient (Wildman–Crippen LogP) is 2.27. The molecule has 1 fully saturated rings. The maximum Gasteiger partial charge on any atom is 0.137 e. The van der Waals surface area contributed by atoms with Gasteiger partial charge in [-0.25, -0.2) is 0 Å². The van der Waals surface area contributed by atoms with Gasteiger partial charge in [0.2, 0.25) is 0 Å². The molecule has 0 unspecified atom stereocenters. The van der Waals surface area contributed by atoms with Gasteiger partial charge in [-0.2, -0.15) is 0 Å². The van der Waals surface area contributed by atoms with Crippen LogP contribution >= 0.6 is 0 Å². The fraction of sp³-hybridized carbons (Fsp3) is 0.500. The minimum atomic E-state index is -0.460.